The number of hydrogen-bond donors (Lipinski definition) is 1. The average Bonchev–Trinajstić information content (AvgIpc) is 2.54. The Balaban J connectivity index is 1.89. The normalized spacial score (nSPS) is 20.0. The van der Waals surface area contributed by atoms with Gasteiger partial charge < -0.3 is 10.2 Å². The number of amides is 1. The highest BCUT2D eigenvalue weighted by molar-refractivity contribution is 5.94. The number of likely N-dealkylation sites (N-methyl/N-ethyl adjacent to an activating group) is 1. The molecule has 0 saturated carbocycles. The summed E-state index contributed by atoms with van der Waals surface area (Å²) in [6, 6.07) is 8.89. The van der Waals surface area contributed by atoms with E-state index in [0.29, 0.717) is 17.2 Å². The number of benzene rings is 1. The van der Waals surface area contributed by atoms with E-state index in [4.69, 9.17) is 5.26 Å². The quantitative estimate of drug-likeness (QED) is 0.905. The maximum absolute atomic E-state index is 12.4. The third-order valence-electron chi connectivity index (χ3n) is 4.57. The Bertz CT molecular complexity index is 581. The molecule has 0 radical (unpaired) electrons. The number of rotatable bonds is 5. The molecule has 1 saturated heterocycles. The summed E-state index contributed by atoms with van der Waals surface area (Å²) in [6.07, 6.45) is 2.46. The first-order valence-electron chi connectivity index (χ1n) is 8.19. The van der Waals surface area contributed by atoms with E-state index in [2.05, 4.69) is 28.2 Å². The van der Waals surface area contributed by atoms with Crippen molar-refractivity contribution in [3.05, 3.63) is 29.8 Å². The lowest BCUT2D eigenvalue weighted by Crippen LogP contribution is -2.45. The fraction of sp³-hybridized carbons (Fsp3) is 0.556. The summed E-state index contributed by atoms with van der Waals surface area (Å²) in [7, 11) is 4.16. The van der Waals surface area contributed by atoms with Crippen molar-refractivity contribution >= 4 is 11.6 Å². The molecule has 1 aliphatic heterocycles. The van der Waals surface area contributed by atoms with Gasteiger partial charge in [0.05, 0.1) is 17.7 Å². The highest BCUT2D eigenvalue weighted by Crippen LogP contribution is 2.17. The molecule has 1 aromatic rings. The number of likely N-dealkylation sites (tertiary alicyclic amines) is 1. The number of anilines is 1. The molecule has 1 fully saturated rings. The molecule has 0 aromatic heterocycles. The van der Waals surface area contributed by atoms with E-state index in [1.54, 1.807) is 18.2 Å². The maximum atomic E-state index is 12.4. The van der Waals surface area contributed by atoms with Gasteiger partial charge in [-0.15, -0.1) is 0 Å². The number of carbonyl (C=O) groups is 1. The first-order valence-corrected chi connectivity index (χ1v) is 8.19. The Morgan fingerprint density at radius 2 is 2.35 bits per heavy atom. The SMILES string of the molecule is CC(C(=O)Nc1cccc(C#N)c1)N(C)CC1CCCN(C)C1. The van der Waals surface area contributed by atoms with Crippen LogP contribution in [0.3, 0.4) is 0 Å². The average molecular weight is 314 g/mol. The zero-order chi connectivity index (χ0) is 16.8. The minimum absolute atomic E-state index is 0.0354. The lowest BCUT2D eigenvalue weighted by atomic mass is 9.97. The Labute approximate surface area is 138 Å². The van der Waals surface area contributed by atoms with Gasteiger partial charge in [-0.05, 0) is 64.5 Å². The van der Waals surface area contributed by atoms with Gasteiger partial charge in [0, 0.05) is 18.8 Å². The van der Waals surface area contributed by atoms with Crippen LogP contribution in [0.15, 0.2) is 24.3 Å². The van der Waals surface area contributed by atoms with Gasteiger partial charge in [-0.1, -0.05) is 6.07 Å². The largest absolute Gasteiger partial charge is 0.325 e. The number of nitriles is 1. The second-order valence-corrected chi connectivity index (χ2v) is 6.57. The Hall–Kier alpha value is -1.90. The van der Waals surface area contributed by atoms with Crippen LogP contribution in [0, 0.1) is 17.2 Å². The lowest BCUT2D eigenvalue weighted by molar-refractivity contribution is -0.120. The molecule has 1 amide bonds. The van der Waals surface area contributed by atoms with Gasteiger partial charge in [-0.25, -0.2) is 0 Å². The number of nitrogens with zero attached hydrogens (tertiary/aromatic N) is 3. The first kappa shape index (κ1) is 17.5. The van der Waals surface area contributed by atoms with Gasteiger partial charge >= 0.3 is 0 Å². The van der Waals surface area contributed by atoms with Crippen molar-refractivity contribution in [1.82, 2.24) is 9.80 Å². The van der Waals surface area contributed by atoms with Gasteiger partial charge in [0.2, 0.25) is 5.91 Å². The van der Waals surface area contributed by atoms with Crippen LogP contribution < -0.4 is 5.32 Å². The molecule has 23 heavy (non-hydrogen) atoms. The molecule has 0 bridgehead atoms. The Kier molecular flexibility index (Phi) is 6.14. The standard InChI is InChI=1S/C18H26N4O/c1-14(22(3)13-16-7-5-9-21(2)12-16)18(23)20-17-8-4-6-15(10-17)11-19/h4,6,8,10,14,16H,5,7,9,12-13H2,1-3H3,(H,20,23). The number of nitrogens with one attached hydrogen (secondary N) is 1. The number of piperidine rings is 1. The van der Waals surface area contributed by atoms with Crippen LogP contribution in [0.4, 0.5) is 5.69 Å². The first-order chi connectivity index (χ1) is 11.0. The van der Waals surface area contributed by atoms with Crippen LogP contribution in [0.5, 0.6) is 0 Å². The van der Waals surface area contributed by atoms with Crippen molar-refractivity contribution in [2.24, 2.45) is 5.92 Å². The van der Waals surface area contributed by atoms with Crippen molar-refractivity contribution in [3.8, 4) is 6.07 Å². The zero-order valence-electron chi connectivity index (χ0n) is 14.2. The zero-order valence-corrected chi connectivity index (χ0v) is 14.2. The highest BCUT2D eigenvalue weighted by atomic mass is 16.2. The van der Waals surface area contributed by atoms with Gasteiger partial charge in [0.25, 0.3) is 0 Å². The van der Waals surface area contributed by atoms with E-state index < -0.39 is 0 Å². The summed E-state index contributed by atoms with van der Waals surface area (Å²) in [5.41, 5.74) is 1.22. The molecule has 1 aromatic carbocycles. The van der Waals surface area contributed by atoms with E-state index in [1.807, 2.05) is 20.0 Å². The monoisotopic (exact) mass is 314 g/mol. The Morgan fingerprint density at radius 1 is 1.57 bits per heavy atom. The van der Waals surface area contributed by atoms with E-state index >= 15 is 0 Å². The smallest absolute Gasteiger partial charge is 0.241 e. The van der Waals surface area contributed by atoms with Gasteiger partial charge in [0.1, 0.15) is 0 Å². The molecule has 1 N–H and O–H groups in total. The predicted molar refractivity (Wildman–Crippen MR) is 92.1 cm³/mol. The minimum Gasteiger partial charge on any atom is -0.325 e. The molecule has 124 valence electrons. The molecule has 0 aliphatic carbocycles. The van der Waals surface area contributed by atoms with Crippen LogP contribution >= 0.6 is 0 Å². The molecule has 2 atom stereocenters. The minimum atomic E-state index is -0.201. The predicted octanol–water partition coefficient (Wildman–Crippen LogP) is 2.16. The second kappa shape index (κ2) is 8.09. The van der Waals surface area contributed by atoms with E-state index in [-0.39, 0.29) is 11.9 Å². The van der Waals surface area contributed by atoms with Crippen molar-refractivity contribution in [2.45, 2.75) is 25.8 Å². The summed E-state index contributed by atoms with van der Waals surface area (Å²) in [5, 5.41) is 11.8. The number of hydrogen-bond acceptors (Lipinski definition) is 4. The van der Waals surface area contributed by atoms with Crippen LogP contribution in [-0.4, -0.2) is 55.5 Å². The van der Waals surface area contributed by atoms with Crippen LogP contribution in [-0.2, 0) is 4.79 Å². The highest BCUT2D eigenvalue weighted by Gasteiger charge is 2.23. The summed E-state index contributed by atoms with van der Waals surface area (Å²) in [6.45, 7) is 5.13. The fourth-order valence-electron chi connectivity index (χ4n) is 3.10. The van der Waals surface area contributed by atoms with Crippen molar-refractivity contribution in [1.29, 1.82) is 5.26 Å². The third kappa shape index (κ3) is 5.05. The van der Waals surface area contributed by atoms with Gasteiger partial charge in [-0.2, -0.15) is 5.26 Å². The van der Waals surface area contributed by atoms with Crippen molar-refractivity contribution in [3.63, 3.8) is 0 Å². The van der Waals surface area contributed by atoms with E-state index in [0.717, 1.165) is 13.1 Å². The summed E-state index contributed by atoms with van der Waals surface area (Å²) >= 11 is 0. The van der Waals surface area contributed by atoms with Crippen LogP contribution in [0.1, 0.15) is 25.3 Å². The van der Waals surface area contributed by atoms with Gasteiger partial charge in [0.15, 0.2) is 0 Å². The van der Waals surface area contributed by atoms with E-state index in [1.165, 1.54) is 19.4 Å². The van der Waals surface area contributed by atoms with Crippen molar-refractivity contribution in [2.75, 3.05) is 39.0 Å². The molecule has 5 heteroatoms. The van der Waals surface area contributed by atoms with Crippen LogP contribution in [0.2, 0.25) is 0 Å². The molecule has 2 rings (SSSR count). The molecular weight excluding hydrogens is 288 g/mol. The molecular formula is C18H26N4O. The molecule has 1 heterocycles. The van der Waals surface area contributed by atoms with Crippen LogP contribution in [0.25, 0.3) is 0 Å². The van der Waals surface area contributed by atoms with Crippen molar-refractivity contribution < 1.29 is 4.79 Å². The molecule has 5 nitrogen and oxygen atoms in total. The lowest BCUT2D eigenvalue weighted by Gasteiger charge is -2.34. The molecule has 1 aliphatic rings. The van der Waals surface area contributed by atoms with E-state index in [9.17, 15) is 4.79 Å². The van der Waals surface area contributed by atoms with Gasteiger partial charge in [-0.3, -0.25) is 9.69 Å². The Morgan fingerprint density at radius 3 is 3.04 bits per heavy atom. The maximum Gasteiger partial charge on any atom is 0.241 e. The third-order valence-corrected chi connectivity index (χ3v) is 4.57. The number of carbonyl (C=O) groups excluding carboxylic acids is 1. The summed E-state index contributed by atoms with van der Waals surface area (Å²) in [5.74, 6) is 0.586. The molecule has 2 unspecified atom stereocenters. The topological polar surface area (TPSA) is 59.4 Å². The summed E-state index contributed by atoms with van der Waals surface area (Å²) < 4.78 is 0. The second-order valence-electron chi connectivity index (χ2n) is 6.57. The molecule has 0 spiro atoms. The fourth-order valence-corrected chi connectivity index (χ4v) is 3.10. The summed E-state index contributed by atoms with van der Waals surface area (Å²) in [4.78, 5) is 16.9.